The molecule has 1 N–H and O–H groups in total. The van der Waals surface area contributed by atoms with Crippen LogP contribution in [0.2, 0.25) is 15.2 Å². The summed E-state index contributed by atoms with van der Waals surface area (Å²) in [4.78, 5) is 0. The van der Waals surface area contributed by atoms with Gasteiger partial charge in [0.2, 0.25) is 0 Å². The minimum absolute atomic E-state index is 0.170. The van der Waals surface area contributed by atoms with Gasteiger partial charge in [0, 0.05) is 16.0 Å². The van der Waals surface area contributed by atoms with Crippen LogP contribution in [-0.4, -0.2) is 14.9 Å². The van der Waals surface area contributed by atoms with Crippen molar-refractivity contribution >= 4 is 34.8 Å². The van der Waals surface area contributed by atoms with Gasteiger partial charge in [0.25, 0.3) is 0 Å². The van der Waals surface area contributed by atoms with E-state index in [1.54, 1.807) is 18.2 Å². The lowest BCUT2D eigenvalue weighted by molar-refractivity contribution is 0.278. The number of aliphatic hydroxyl groups is 1. The number of rotatable bonds is 2. The third-order valence-corrected chi connectivity index (χ3v) is 3.85. The number of benzene rings is 1. The van der Waals surface area contributed by atoms with Crippen LogP contribution in [0.3, 0.4) is 0 Å². The minimum Gasteiger partial charge on any atom is -0.391 e. The van der Waals surface area contributed by atoms with Crippen LogP contribution in [0.5, 0.6) is 0 Å². The molecule has 0 spiro atoms. The number of nitrogens with zero attached hydrogens (tertiary/aromatic N) is 2. The maximum Gasteiger partial charge on any atom is 0.138 e. The Kier molecular flexibility index (Phi) is 4.35. The summed E-state index contributed by atoms with van der Waals surface area (Å²) in [5.74, 6) is 0. The van der Waals surface area contributed by atoms with Gasteiger partial charge in [-0.15, -0.1) is 0 Å². The van der Waals surface area contributed by atoms with E-state index in [0.717, 1.165) is 5.69 Å². The van der Waals surface area contributed by atoms with Gasteiger partial charge in [-0.3, -0.25) is 0 Å². The Balaban J connectivity index is 2.67. The predicted molar refractivity (Wildman–Crippen MR) is 83.2 cm³/mol. The summed E-state index contributed by atoms with van der Waals surface area (Å²) in [6.45, 7) is 5.87. The molecule has 0 radical (unpaired) electrons. The summed E-state index contributed by atoms with van der Waals surface area (Å²) in [7, 11) is 0. The molecule has 20 heavy (non-hydrogen) atoms. The molecule has 0 aliphatic carbocycles. The van der Waals surface area contributed by atoms with Crippen LogP contribution in [0.4, 0.5) is 0 Å². The first-order valence-corrected chi connectivity index (χ1v) is 7.23. The van der Waals surface area contributed by atoms with Gasteiger partial charge in [0.05, 0.1) is 23.0 Å². The van der Waals surface area contributed by atoms with Crippen molar-refractivity contribution in [1.29, 1.82) is 0 Å². The summed E-state index contributed by atoms with van der Waals surface area (Å²) in [6, 6.07) is 5.10. The molecular weight excluding hydrogens is 319 g/mol. The maximum absolute atomic E-state index is 9.54. The summed E-state index contributed by atoms with van der Waals surface area (Å²) < 4.78 is 1.53. The molecular formula is C14H15Cl3N2O. The van der Waals surface area contributed by atoms with Crippen LogP contribution in [0.25, 0.3) is 5.69 Å². The minimum atomic E-state index is -0.230. The van der Waals surface area contributed by atoms with E-state index < -0.39 is 0 Å². The van der Waals surface area contributed by atoms with Crippen molar-refractivity contribution in [2.24, 2.45) is 0 Å². The second kappa shape index (κ2) is 5.57. The number of aromatic nitrogens is 2. The van der Waals surface area contributed by atoms with Crippen LogP contribution in [0.1, 0.15) is 32.0 Å². The van der Waals surface area contributed by atoms with Crippen molar-refractivity contribution < 1.29 is 5.11 Å². The van der Waals surface area contributed by atoms with Crippen molar-refractivity contribution in [3.8, 4) is 5.69 Å². The average Bonchev–Trinajstić information content (AvgIpc) is 2.66. The summed E-state index contributed by atoms with van der Waals surface area (Å²) in [6.07, 6.45) is 0. The molecule has 0 saturated carbocycles. The normalized spacial score (nSPS) is 11.9. The fraction of sp³-hybridized carbons (Fsp3) is 0.357. The van der Waals surface area contributed by atoms with Gasteiger partial charge in [-0.25, -0.2) is 4.68 Å². The lowest BCUT2D eigenvalue weighted by atomic mass is 9.90. The van der Waals surface area contributed by atoms with Gasteiger partial charge in [0.1, 0.15) is 5.15 Å². The first-order valence-electron chi connectivity index (χ1n) is 6.10. The molecule has 108 valence electrons. The van der Waals surface area contributed by atoms with Crippen LogP contribution in [-0.2, 0) is 12.0 Å². The fourth-order valence-electron chi connectivity index (χ4n) is 1.99. The molecule has 0 unspecified atom stereocenters. The monoisotopic (exact) mass is 332 g/mol. The molecule has 1 heterocycles. The molecule has 2 rings (SSSR count). The van der Waals surface area contributed by atoms with Gasteiger partial charge >= 0.3 is 0 Å². The zero-order valence-corrected chi connectivity index (χ0v) is 13.7. The van der Waals surface area contributed by atoms with E-state index in [4.69, 9.17) is 34.8 Å². The molecule has 0 atom stereocenters. The Bertz CT molecular complexity index is 645. The smallest absolute Gasteiger partial charge is 0.138 e. The third kappa shape index (κ3) is 2.82. The highest BCUT2D eigenvalue weighted by Gasteiger charge is 2.26. The van der Waals surface area contributed by atoms with Gasteiger partial charge in [-0.2, -0.15) is 5.10 Å². The zero-order chi connectivity index (χ0) is 15.1. The van der Waals surface area contributed by atoms with Gasteiger partial charge in [-0.05, 0) is 18.2 Å². The van der Waals surface area contributed by atoms with Crippen molar-refractivity contribution in [1.82, 2.24) is 9.78 Å². The highest BCUT2D eigenvalue weighted by molar-refractivity contribution is 6.36. The van der Waals surface area contributed by atoms with Crippen LogP contribution in [0.15, 0.2) is 18.2 Å². The maximum atomic E-state index is 9.54. The number of aliphatic hydroxyl groups excluding tert-OH is 1. The van der Waals surface area contributed by atoms with Crippen LogP contribution in [0, 0.1) is 0 Å². The largest absolute Gasteiger partial charge is 0.391 e. The van der Waals surface area contributed by atoms with E-state index in [0.29, 0.717) is 26.4 Å². The van der Waals surface area contributed by atoms with Crippen LogP contribution >= 0.6 is 34.8 Å². The standard InChI is InChI=1S/C14H15Cl3N2O/c1-14(2,3)12-9(7-20)13(17)19(18-12)11-5-4-8(15)6-10(11)16/h4-6,20H,7H2,1-3H3. The fourth-order valence-corrected chi connectivity index (χ4v) is 2.75. The van der Waals surface area contributed by atoms with E-state index in [1.807, 2.05) is 20.8 Å². The molecule has 1 aromatic heterocycles. The molecule has 0 amide bonds. The summed E-state index contributed by atoms with van der Waals surface area (Å²) in [5.41, 5.74) is 1.76. The Morgan fingerprint density at radius 3 is 2.30 bits per heavy atom. The quantitative estimate of drug-likeness (QED) is 0.870. The van der Waals surface area contributed by atoms with Crippen molar-refractivity contribution in [3.05, 3.63) is 44.7 Å². The Hall–Kier alpha value is -0.740. The van der Waals surface area contributed by atoms with Gasteiger partial charge < -0.3 is 5.11 Å². The SMILES string of the molecule is CC(C)(C)c1nn(-c2ccc(Cl)cc2Cl)c(Cl)c1CO. The molecule has 2 aromatic rings. The number of halogens is 3. The molecule has 0 aliphatic heterocycles. The van der Waals surface area contributed by atoms with E-state index in [9.17, 15) is 5.11 Å². The average molecular weight is 334 g/mol. The number of hydrogen-bond donors (Lipinski definition) is 1. The second-order valence-corrected chi connectivity index (χ2v) is 6.74. The van der Waals surface area contributed by atoms with Gasteiger partial charge in [-0.1, -0.05) is 55.6 Å². The lowest BCUT2D eigenvalue weighted by Gasteiger charge is -2.16. The van der Waals surface area contributed by atoms with Crippen molar-refractivity contribution in [2.75, 3.05) is 0 Å². The zero-order valence-electron chi connectivity index (χ0n) is 11.4. The number of hydrogen-bond acceptors (Lipinski definition) is 2. The highest BCUT2D eigenvalue weighted by Crippen LogP contribution is 2.34. The first kappa shape index (κ1) is 15.6. The molecule has 1 aromatic carbocycles. The van der Waals surface area contributed by atoms with Crippen molar-refractivity contribution in [3.63, 3.8) is 0 Å². The Labute approximate surface area is 133 Å². The van der Waals surface area contributed by atoms with Gasteiger partial charge in [0.15, 0.2) is 0 Å². The molecule has 0 aliphatic rings. The lowest BCUT2D eigenvalue weighted by Crippen LogP contribution is -2.15. The molecule has 0 bridgehead atoms. The Morgan fingerprint density at radius 2 is 1.85 bits per heavy atom. The third-order valence-electron chi connectivity index (χ3n) is 2.93. The first-order chi connectivity index (χ1) is 9.25. The molecule has 0 fully saturated rings. The summed E-state index contributed by atoms with van der Waals surface area (Å²) in [5, 5.41) is 15.4. The predicted octanol–water partition coefficient (Wildman–Crippen LogP) is 4.62. The van der Waals surface area contributed by atoms with E-state index in [1.165, 1.54) is 4.68 Å². The highest BCUT2D eigenvalue weighted by atomic mass is 35.5. The molecule has 0 saturated heterocycles. The Morgan fingerprint density at radius 1 is 1.20 bits per heavy atom. The molecule has 3 nitrogen and oxygen atoms in total. The van der Waals surface area contributed by atoms with Crippen molar-refractivity contribution in [2.45, 2.75) is 32.8 Å². The molecule has 6 heteroatoms. The topological polar surface area (TPSA) is 38.0 Å². The second-order valence-electron chi connectivity index (χ2n) is 5.53. The summed E-state index contributed by atoms with van der Waals surface area (Å²) >= 11 is 18.4. The van der Waals surface area contributed by atoms with Crippen LogP contribution < -0.4 is 0 Å². The van der Waals surface area contributed by atoms with E-state index >= 15 is 0 Å². The van der Waals surface area contributed by atoms with E-state index in [2.05, 4.69) is 5.10 Å². The van der Waals surface area contributed by atoms with E-state index in [-0.39, 0.29) is 12.0 Å².